The highest BCUT2D eigenvalue weighted by Gasteiger charge is 2.19. The van der Waals surface area contributed by atoms with E-state index in [-0.39, 0.29) is 37.5 Å². The van der Waals surface area contributed by atoms with Gasteiger partial charge < -0.3 is 14.2 Å². The zero-order valence-corrected chi connectivity index (χ0v) is 39.7. The fourth-order valence-electron chi connectivity index (χ4n) is 6.65. The minimum absolute atomic E-state index is 0.103. The SMILES string of the molecule is CC/C=C\C/C=C\C/C=C\C/C=C\C/C=C\C/C=C\CCC(=O)OCC(COC(=O)CCCCCCC/C=C\CCC)OC(=O)CCCCCCCCCCCCCCCC. The molecule has 0 fully saturated rings. The van der Waals surface area contributed by atoms with E-state index in [1.807, 2.05) is 6.08 Å². The Morgan fingerprint density at radius 1 is 0.344 bits per heavy atom. The van der Waals surface area contributed by atoms with Crippen molar-refractivity contribution in [3.8, 4) is 0 Å². The average molecular weight is 849 g/mol. The van der Waals surface area contributed by atoms with E-state index >= 15 is 0 Å². The molecule has 0 aromatic carbocycles. The number of ether oxygens (including phenoxy) is 3. The first kappa shape index (κ1) is 57.6. The Hall–Kier alpha value is -3.41. The zero-order valence-electron chi connectivity index (χ0n) is 39.7. The summed E-state index contributed by atoms with van der Waals surface area (Å²) in [5, 5.41) is 0. The van der Waals surface area contributed by atoms with Crippen molar-refractivity contribution in [2.75, 3.05) is 13.2 Å². The maximum absolute atomic E-state index is 12.8. The predicted molar refractivity (Wildman–Crippen MR) is 261 cm³/mol. The highest BCUT2D eigenvalue weighted by molar-refractivity contribution is 5.71. The van der Waals surface area contributed by atoms with E-state index in [2.05, 4.69) is 99.8 Å². The molecule has 0 aliphatic heterocycles. The molecule has 0 aliphatic carbocycles. The van der Waals surface area contributed by atoms with Gasteiger partial charge in [-0.2, -0.15) is 0 Å². The van der Waals surface area contributed by atoms with Crippen LogP contribution in [0.2, 0.25) is 0 Å². The van der Waals surface area contributed by atoms with Gasteiger partial charge in [0, 0.05) is 19.3 Å². The van der Waals surface area contributed by atoms with Crippen molar-refractivity contribution in [3.05, 3.63) is 85.1 Å². The lowest BCUT2D eigenvalue weighted by Crippen LogP contribution is -2.30. The maximum atomic E-state index is 12.8. The van der Waals surface area contributed by atoms with Crippen LogP contribution >= 0.6 is 0 Å². The minimum atomic E-state index is -0.807. The molecule has 0 saturated carbocycles. The molecule has 0 amide bonds. The lowest BCUT2D eigenvalue weighted by atomic mass is 10.0. The minimum Gasteiger partial charge on any atom is -0.462 e. The van der Waals surface area contributed by atoms with Crippen molar-refractivity contribution in [1.82, 2.24) is 0 Å². The van der Waals surface area contributed by atoms with Crippen LogP contribution in [0.4, 0.5) is 0 Å². The summed E-state index contributed by atoms with van der Waals surface area (Å²) in [4.78, 5) is 37.8. The number of carbonyl (C=O) groups excluding carboxylic acids is 3. The van der Waals surface area contributed by atoms with E-state index in [4.69, 9.17) is 14.2 Å². The second-order valence-corrected chi connectivity index (χ2v) is 16.3. The van der Waals surface area contributed by atoms with E-state index in [1.165, 1.54) is 83.5 Å². The summed E-state index contributed by atoms with van der Waals surface area (Å²) in [6.45, 7) is 6.38. The van der Waals surface area contributed by atoms with Crippen LogP contribution in [-0.2, 0) is 28.6 Å². The first-order valence-corrected chi connectivity index (χ1v) is 25.1. The Kier molecular flexibility index (Phi) is 46.5. The quantitative estimate of drug-likeness (QED) is 0.0263. The number of hydrogen-bond acceptors (Lipinski definition) is 6. The van der Waals surface area contributed by atoms with Gasteiger partial charge in [0.25, 0.3) is 0 Å². The monoisotopic (exact) mass is 849 g/mol. The molecule has 0 radical (unpaired) electrons. The zero-order chi connectivity index (χ0) is 44.4. The van der Waals surface area contributed by atoms with E-state index in [9.17, 15) is 14.4 Å². The average Bonchev–Trinajstić information content (AvgIpc) is 3.26. The summed E-state index contributed by atoms with van der Waals surface area (Å²) in [7, 11) is 0. The molecule has 0 aromatic heterocycles. The van der Waals surface area contributed by atoms with Gasteiger partial charge in [0.1, 0.15) is 13.2 Å². The first-order chi connectivity index (χ1) is 30.0. The fourth-order valence-corrected chi connectivity index (χ4v) is 6.65. The highest BCUT2D eigenvalue weighted by Crippen LogP contribution is 2.15. The van der Waals surface area contributed by atoms with Crippen LogP contribution in [0.5, 0.6) is 0 Å². The molecule has 0 aliphatic rings. The molecule has 0 rings (SSSR count). The van der Waals surface area contributed by atoms with Crippen molar-refractivity contribution in [1.29, 1.82) is 0 Å². The summed E-state index contributed by atoms with van der Waals surface area (Å²) in [6.07, 6.45) is 62.9. The van der Waals surface area contributed by atoms with Crippen LogP contribution < -0.4 is 0 Å². The van der Waals surface area contributed by atoms with E-state index in [0.29, 0.717) is 19.3 Å². The predicted octanol–water partition coefficient (Wildman–Crippen LogP) is 16.4. The Labute approximate surface area is 375 Å². The molecular weight excluding hydrogens is 757 g/mol. The van der Waals surface area contributed by atoms with Gasteiger partial charge >= 0.3 is 17.9 Å². The van der Waals surface area contributed by atoms with Gasteiger partial charge in [-0.05, 0) is 77.0 Å². The Morgan fingerprint density at radius 3 is 1.16 bits per heavy atom. The van der Waals surface area contributed by atoms with Gasteiger partial charge in [-0.25, -0.2) is 0 Å². The second-order valence-electron chi connectivity index (χ2n) is 16.3. The molecule has 0 N–H and O–H groups in total. The van der Waals surface area contributed by atoms with Crippen LogP contribution in [0.3, 0.4) is 0 Å². The number of hydrogen-bond donors (Lipinski definition) is 0. The lowest BCUT2D eigenvalue weighted by molar-refractivity contribution is -0.166. The third-order valence-corrected chi connectivity index (χ3v) is 10.4. The number of allylic oxidation sites excluding steroid dienone is 14. The van der Waals surface area contributed by atoms with Crippen LogP contribution in [0.25, 0.3) is 0 Å². The topological polar surface area (TPSA) is 78.9 Å². The van der Waals surface area contributed by atoms with Crippen LogP contribution in [0, 0.1) is 0 Å². The molecule has 0 bridgehead atoms. The maximum Gasteiger partial charge on any atom is 0.306 e. The van der Waals surface area contributed by atoms with E-state index in [1.54, 1.807) is 0 Å². The van der Waals surface area contributed by atoms with Crippen molar-refractivity contribution in [2.45, 2.75) is 232 Å². The van der Waals surface area contributed by atoms with Gasteiger partial charge in [-0.1, -0.05) is 215 Å². The summed E-state index contributed by atoms with van der Waals surface area (Å²) >= 11 is 0. The first-order valence-electron chi connectivity index (χ1n) is 25.1. The summed E-state index contributed by atoms with van der Waals surface area (Å²) in [5.74, 6) is -1.00. The molecule has 6 heteroatoms. The van der Waals surface area contributed by atoms with Gasteiger partial charge in [0.05, 0.1) is 0 Å². The normalized spacial score (nSPS) is 12.8. The number of esters is 3. The molecule has 61 heavy (non-hydrogen) atoms. The summed E-state index contributed by atoms with van der Waals surface area (Å²) < 4.78 is 16.7. The van der Waals surface area contributed by atoms with E-state index < -0.39 is 6.10 Å². The van der Waals surface area contributed by atoms with E-state index in [0.717, 1.165) is 96.3 Å². The van der Waals surface area contributed by atoms with Gasteiger partial charge in [-0.3, -0.25) is 14.4 Å². The van der Waals surface area contributed by atoms with Crippen molar-refractivity contribution in [3.63, 3.8) is 0 Å². The van der Waals surface area contributed by atoms with Gasteiger partial charge in [0.2, 0.25) is 0 Å². The van der Waals surface area contributed by atoms with Crippen LogP contribution in [-0.4, -0.2) is 37.2 Å². The lowest BCUT2D eigenvalue weighted by Gasteiger charge is -2.18. The molecular formula is C55H92O6. The molecule has 0 aromatic rings. The van der Waals surface area contributed by atoms with Gasteiger partial charge in [0.15, 0.2) is 6.10 Å². The molecule has 1 atom stereocenters. The molecule has 0 saturated heterocycles. The fraction of sp³-hybridized carbons (Fsp3) is 0.691. The number of rotatable bonds is 44. The third-order valence-electron chi connectivity index (χ3n) is 10.4. The highest BCUT2D eigenvalue weighted by atomic mass is 16.6. The second kappa shape index (κ2) is 49.2. The smallest absolute Gasteiger partial charge is 0.306 e. The third kappa shape index (κ3) is 47.5. The van der Waals surface area contributed by atoms with Gasteiger partial charge in [-0.15, -0.1) is 0 Å². The largest absolute Gasteiger partial charge is 0.462 e. The molecule has 0 heterocycles. The number of carbonyl (C=O) groups is 3. The number of unbranched alkanes of at least 4 members (excludes halogenated alkanes) is 19. The Bertz CT molecular complexity index is 1200. The molecule has 6 nitrogen and oxygen atoms in total. The van der Waals surface area contributed by atoms with Crippen molar-refractivity contribution < 1.29 is 28.6 Å². The standard InChI is InChI=1S/C55H92O6/c1-4-7-10-13-16-19-22-24-26-27-28-29-30-32-33-36-39-42-45-48-54(57)60-51-52(50-59-53(56)47-44-41-38-35-21-18-15-12-9-6-3)61-55(58)49-46-43-40-37-34-31-25-23-20-17-14-11-8-5-2/h7,10,12,15-16,19,24,26,28-29,32-33,39,42,52H,4-6,8-9,11,13-14,17-18,20-23,25,27,30-31,34-38,40-41,43-51H2,1-3H3/b10-7-,15-12-,19-16-,26-24-,29-28-,33-32-,42-39-. The summed E-state index contributed by atoms with van der Waals surface area (Å²) in [5.41, 5.74) is 0. The molecule has 0 spiro atoms. The Balaban J connectivity index is 4.47. The van der Waals surface area contributed by atoms with Crippen molar-refractivity contribution in [2.24, 2.45) is 0 Å². The summed E-state index contributed by atoms with van der Waals surface area (Å²) in [6, 6.07) is 0. The van der Waals surface area contributed by atoms with Crippen LogP contribution in [0.15, 0.2) is 85.1 Å². The molecule has 1 unspecified atom stereocenters. The Morgan fingerprint density at radius 2 is 0.705 bits per heavy atom. The van der Waals surface area contributed by atoms with Crippen LogP contribution in [0.1, 0.15) is 226 Å². The molecule has 348 valence electrons. The van der Waals surface area contributed by atoms with Crippen molar-refractivity contribution >= 4 is 17.9 Å².